The Morgan fingerprint density at radius 2 is 1.77 bits per heavy atom. The van der Waals surface area contributed by atoms with E-state index in [2.05, 4.69) is 5.32 Å². The van der Waals surface area contributed by atoms with E-state index in [0.29, 0.717) is 17.3 Å². The highest BCUT2D eigenvalue weighted by molar-refractivity contribution is 7.89. The summed E-state index contributed by atoms with van der Waals surface area (Å²) in [5.74, 6) is -0.732. The summed E-state index contributed by atoms with van der Waals surface area (Å²) in [4.78, 5) is 12.0. The summed E-state index contributed by atoms with van der Waals surface area (Å²) in [6, 6.07) is 12.0. The van der Waals surface area contributed by atoms with Crippen LogP contribution in [0.4, 0.5) is 18.9 Å². The van der Waals surface area contributed by atoms with Crippen LogP contribution in [0.3, 0.4) is 0 Å². The first-order chi connectivity index (χ1) is 14.1. The van der Waals surface area contributed by atoms with E-state index < -0.39 is 32.6 Å². The number of carbonyl (C=O) groups excluding carboxylic acids is 1. The summed E-state index contributed by atoms with van der Waals surface area (Å²) < 4.78 is 65.2. The minimum absolute atomic E-state index is 0.0227. The Hall–Kier alpha value is -2.90. The lowest BCUT2D eigenvalue weighted by Gasteiger charge is -2.30. The molecule has 0 saturated carbocycles. The van der Waals surface area contributed by atoms with E-state index >= 15 is 0 Å². The largest absolute Gasteiger partial charge is 0.416 e. The number of carbonyl (C=O) groups is 1. The average Bonchev–Trinajstić information content (AvgIpc) is 2.73. The predicted octanol–water partition coefficient (Wildman–Crippen LogP) is 3.62. The lowest BCUT2D eigenvalue weighted by Crippen LogP contribution is -2.41. The molecule has 10 heteroatoms. The van der Waals surface area contributed by atoms with Crippen LogP contribution in [0.15, 0.2) is 53.4 Å². The van der Waals surface area contributed by atoms with Gasteiger partial charge in [0.1, 0.15) is 0 Å². The third-order valence-electron chi connectivity index (χ3n) is 4.88. The number of rotatable bonds is 4. The Morgan fingerprint density at radius 1 is 1.10 bits per heavy atom. The van der Waals surface area contributed by atoms with Crippen molar-refractivity contribution in [1.82, 2.24) is 4.31 Å². The Bertz CT molecular complexity index is 1090. The zero-order chi connectivity index (χ0) is 21.9. The van der Waals surface area contributed by atoms with Crippen molar-refractivity contribution in [2.24, 2.45) is 5.92 Å². The van der Waals surface area contributed by atoms with Crippen molar-refractivity contribution < 1.29 is 26.4 Å². The quantitative estimate of drug-likeness (QED) is 0.791. The first-order valence-electron chi connectivity index (χ1n) is 9.10. The van der Waals surface area contributed by atoms with Gasteiger partial charge in [-0.2, -0.15) is 22.7 Å². The van der Waals surface area contributed by atoms with Gasteiger partial charge in [0.05, 0.1) is 22.1 Å². The fourth-order valence-electron chi connectivity index (χ4n) is 3.25. The molecule has 30 heavy (non-hydrogen) atoms. The maximum atomic E-state index is 12.9. The molecule has 3 rings (SSSR count). The molecule has 0 atom stereocenters. The molecule has 0 spiro atoms. The van der Waals surface area contributed by atoms with E-state index in [4.69, 9.17) is 5.26 Å². The number of nitrogens with zero attached hydrogens (tertiary/aromatic N) is 2. The van der Waals surface area contributed by atoms with Crippen LogP contribution < -0.4 is 5.32 Å². The van der Waals surface area contributed by atoms with Crippen molar-refractivity contribution in [2.45, 2.75) is 23.9 Å². The maximum absolute atomic E-state index is 12.9. The molecule has 1 aliphatic rings. The summed E-state index contributed by atoms with van der Waals surface area (Å²) in [6.07, 6.45) is -4.16. The number of hydrogen-bond donors (Lipinski definition) is 1. The second kappa shape index (κ2) is 8.45. The third kappa shape index (κ3) is 4.80. The zero-order valence-corrected chi connectivity index (χ0v) is 16.5. The van der Waals surface area contributed by atoms with Crippen LogP contribution in [0.2, 0.25) is 0 Å². The second-order valence-corrected chi connectivity index (χ2v) is 8.82. The molecule has 158 valence electrons. The van der Waals surface area contributed by atoms with Crippen molar-refractivity contribution in [3.05, 3.63) is 59.7 Å². The lowest BCUT2D eigenvalue weighted by molar-refractivity contribution is -0.137. The average molecular weight is 437 g/mol. The summed E-state index contributed by atoms with van der Waals surface area (Å²) >= 11 is 0. The molecule has 6 nitrogen and oxygen atoms in total. The third-order valence-corrected chi connectivity index (χ3v) is 6.78. The number of nitrogens with one attached hydrogen (secondary N) is 1. The number of benzene rings is 2. The Balaban J connectivity index is 1.66. The SMILES string of the molecule is N#Cc1cccc(NC(=O)C2CCN(S(=O)(=O)c3cccc(C(F)(F)F)c3)CC2)c1. The van der Waals surface area contributed by atoms with Crippen molar-refractivity contribution >= 4 is 21.6 Å². The molecule has 1 aliphatic heterocycles. The van der Waals surface area contributed by atoms with Gasteiger partial charge in [-0.15, -0.1) is 0 Å². The van der Waals surface area contributed by atoms with Gasteiger partial charge in [0.25, 0.3) is 0 Å². The summed E-state index contributed by atoms with van der Waals surface area (Å²) in [6.45, 7) is 0.0454. The van der Waals surface area contributed by atoms with E-state index in [-0.39, 0.29) is 31.8 Å². The molecule has 0 aromatic heterocycles. The molecule has 1 saturated heterocycles. The van der Waals surface area contributed by atoms with Crippen LogP contribution in [0.25, 0.3) is 0 Å². The van der Waals surface area contributed by atoms with Gasteiger partial charge in [-0.1, -0.05) is 12.1 Å². The van der Waals surface area contributed by atoms with Crippen LogP contribution in [0.5, 0.6) is 0 Å². The highest BCUT2D eigenvalue weighted by atomic mass is 32.2. The van der Waals surface area contributed by atoms with Gasteiger partial charge in [0, 0.05) is 24.7 Å². The second-order valence-electron chi connectivity index (χ2n) is 6.89. The molecule has 0 bridgehead atoms. The van der Waals surface area contributed by atoms with Crippen LogP contribution in [0, 0.1) is 17.2 Å². The molecule has 0 unspecified atom stereocenters. The Kier molecular flexibility index (Phi) is 6.14. The summed E-state index contributed by atoms with van der Waals surface area (Å²) in [5.41, 5.74) is -0.162. The van der Waals surface area contributed by atoms with E-state index in [0.717, 1.165) is 22.5 Å². The number of anilines is 1. The van der Waals surface area contributed by atoms with Crippen LogP contribution in [-0.2, 0) is 21.0 Å². The molecule has 2 aromatic rings. The van der Waals surface area contributed by atoms with E-state index in [1.54, 1.807) is 18.2 Å². The van der Waals surface area contributed by atoms with Crippen LogP contribution in [-0.4, -0.2) is 31.7 Å². The Labute approximate surface area is 172 Å². The fourth-order valence-corrected chi connectivity index (χ4v) is 4.77. The highest BCUT2D eigenvalue weighted by Gasteiger charge is 2.35. The van der Waals surface area contributed by atoms with Crippen LogP contribution >= 0.6 is 0 Å². The summed E-state index contributed by atoms with van der Waals surface area (Å²) in [7, 11) is -4.10. The minimum atomic E-state index is -4.64. The summed E-state index contributed by atoms with van der Waals surface area (Å²) in [5, 5.41) is 11.6. The van der Waals surface area contributed by atoms with E-state index in [9.17, 15) is 26.4 Å². The normalized spacial score (nSPS) is 16.1. The van der Waals surface area contributed by atoms with Gasteiger partial charge in [-0.05, 0) is 49.2 Å². The van der Waals surface area contributed by atoms with Crippen molar-refractivity contribution in [3.63, 3.8) is 0 Å². The van der Waals surface area contributed by atoms with Gasteiger partial charge in [-0.25, -0.2) is 8.42 Å². The monoisotopic (exact) mass is 437 g/mol. The molecule has 0 radical (unpaired) electrons. The van der Waals surface area contributed by atoms with Gasteiger partial charge in [-0.3, -0.25) is 4.79 Å². The molecule has 0 aliphatic carbocycles. The van der Waals surface area contributed by atoms with Gasteiger partial charge in [0.2, 0.25) is 15.9 Å². The van der Waals surface area contributed by atoms with Gasteiger partial charge < -0.3 is 5.32 Å². The lowest BCUT2D eigenvalue weighted by atomic mass is 9.97. The topological polar surface area (TPSA) is 90.3 Å². The smallest absolute Gasteiger partial charge is 0.326 e. The van der Waals surface area contributed by atoms with Crippen LogP contribution in [0.1, 0.15) is 24.0 Å². The molecule has 1 heterocycles. The first-order valence-corrected chi connectivity index (χ1v) is 10.5. The standard InChI is InChI=1S/C20H18F3N3O3S/c21-20(22,23)16-4-2-6-18(12-16)30(28,29)26-9-7-15(8-10-26)19(27)25-17-5-1-3-14(11-17)13-24/h1-6,11-12,15H,7-10H2,(H,25,27). The number of alkyl halides is 3. The number of hydrogen-bond acceptors (Lipinski definition) is 4. The van der Waals surface area contributed by atoms with Crippen molar-refractivity contribution in [2.75, 3.05) is 18.4 Å². The first kappa shape index (κ1) is 21.8. The zero-order valence-electron chi connectivity index (χ0n) is 15.7. The number of piperidine rings is 1. The maximum Gasteiger partial charge on any atom is 0.416 e. The van der Waals surface area contributed by atoms with E-state index in [1.807, 2.05) is 6.07 Å². The number of nitriles is 1. The number of sulfonamides is 1. The van der Waals surface area contributed by atoms with Crippen molar-refractivity contribution in [3.8, 4) is 6.07 Å². The predicted molar refractivity (Wildman–Crippen MR) is 103 cm³/mol. The molecular weight excluding hydrogens is 419 g/mol. The van der Waals surface area contributed by atoms with Gasteiger partial charge >= 0.3 is 6.18 Å². The number of halogens is 3. The minimum Gasteiger partial charge on any atom is -0.326 e. The molecular formula is C20H18F3N3O3S. The molecule has 2 aromatic carbocycles. The fraction of sp³-hybridized carbons (Fsp3) is 0.300. The van der Waals surface area contributed by atoms with Crippen molar-refractivity contribution in [1.29, 1.82) is 5.26 Å². The van der Waals surface area contributed by atoms with Gasteiger partial charge in [0.15, 0.2) is 0 Å². The highest BCUT2D eigenvalue weighted by Crippen LogP contribution is 2.32. The Morgan fingerprint density at radius 3 is 2.40 bits per heavy atom. The van der Waals surface area contributed by atoms with E-state index in [1.165, 1.54) is 6.07 Å². The number of amides is 1. The molecule has 1 N–H and O–H groups in total. The molecule has 1 fully saturated rings. The molecule has 1 amide bonds.